The third-order valence-electron chi connectivity index (χ3n) is 2.93. The number of halogens is 2. The molecule has 0 spiro atoms. The molecule has 0 saturated heterocycles. The van der Waals surface area contributed by atoms with Gasteiger partial charge in [-0.3, -0.25) is 4.98 Å². The molecular formula is C14H15Cl2N3O. The van der Waals surface area contributed by atoms with Gasteiger partial charge in [0.05, 0.1) is 11.4 Å². The van der Waals surface area contributed by atoms with Gasteiger partial charge in [-0.05, 0) is 36.8 Å². The zero-order chi connectivity index (χ0) is 14.7. The third kappa shape index (κ3) is 3.60. The molecule has 1 atom stereocenters. The molecule has 20 heavy (non-hydrogen) atoms. The highest BCUT2D eigenvalue weighted by Gasteiger charge is 2.15. The molecule has 6 heteroatoms. The quantitative estimate of drug-likeness (QED) is 0.880. The maximum atomic E-state index is 10.2. The standard InChI is InChI=1S/C14H15Cl2N3O/c1-9-5-6-17-10(7-9)12(20)8-19(2)11-3-4-13(15)18-14(11)16/h3-7,12,20H,8H2,1-2H3. The van der Waals surface area contributed by atoms with Crippen molar-refractivity contribution in [3.8, 4) is 0 Å². The predicted molar refractivity (Wildman–Crippen MR) is 81.5 cm³/mol. The number of aliphatic hydroxyl groups excluding tert-OH is 1. The summed E-state index contributed by atoms with van der Waals surface area (Å²) in [5, 5.41) is 10.9. The zero-order valence-corrected chi connectivity index (χ0v) is 12.7. The Hall–Kier alpha value is -1.36. The van der Waals surface area contributed by atoms with E-state index in [9.17, 15) is 5.11 Å². The Kier molecular flexibility index (Phi) is 4.81. The van der Waals surface area contributed by atoms with Crippen LogP contribution in [0.1, 0.15) is 17.4 Å². The van der Waals surface area contributed by atoms with E-state index < -0.39 is 6.10 Å². The second-order valence-corrected chi connectivity index (χ2v) is 5.34. The van der Waals surface area contributed by atoms with Crippen LogP contribution in [0.3, 0.4) is 0 Å². The van der Waals surface area contributed by atoms with E-state index in [1.165, 1.54) is 0 Å². The average molecular weight is 312 g/mol. The lowest BCUT2D eigenvalue weighted by atomic mass is 10.1. The molecule has 0 aromatic carbocycles. The van der Waals surface area contributed by atoms with E-state index in [0.29, 0.717) is 28.2 Å². The Bertz CT molecular complexity index is 607. The lowest BCUT2D eigenvalue weighted by Gasteiger charge is -2.23. The number of aromatic nitrogens is 2. The summed E-state index contributed by atoms with van der Waals surface area (Å²) in [5.41, 5.74) is 2.40. The number of pyridine rings is 2. The van der Waals surface area contributed by atoms with Crippen LogP contribution in [0.25, 0.3) is 0 Å². The maximum absolute atomic E-state index is 10.2. The number of aliphatic hydroxyl groups is 1. The van der Waals surface area contributed by atoms with Crippen LogP contribution in [-0.4, -0.2) is 28.7 Å². The lowest BCUT2D eigenvalue weighted by molar-refractivity contribution is 0.180. The van der Waals surface area contributed by atoms with Gasteiger partial charge in [0.2, 0.25) is 0 Å². The van der Waals surface area contributed by atoms with Crippen molar-refractivity contribution in [3.05, 3.63) is 52.0 Å². The molecule has 0 fully saturated rings. The molecule has 0 aliphatic rings. The lowest BCUT2D eigenvalue weighted by Crippen LogP contribution is -2.25. The van der Waals surface area contributed by atoms with Crippen LogP contribution < -0.4 is 4.90 Å². The Morgan fingerprint density at radius 1 is 1.30 bits per heavy atom. The summed E-state index contributed by atoms with van der Waals surface area (Å²) in [5.74, 6) is 0. The highest BCUT2D eigenvalue weighted by Crippen LogP contribution is 2.26. The van der Waals surface area contributed by atoms with Crippen molar-refractivity contribution in [1.82, 2.24) is 9.97 Å². The summed E-state index contributed by atoms with van der Waals surface area (Å²) in [6, 6.07) is 7.19. The van der Waals surface area contributed by atoms with E-state index in [2.05, 4.69) is 9.97 Å². The number of hydrogen-bond acceptors (Lipinski definition) is 4. The third-order valence-corrected chi connectivity index (χ3v) is 3.42. The minimum Gasteiger partial charge on any atom is -0.385 e. The largest absolute Gasteiger partial charge is 0.385 e. The van der Waals surface area contributed by atoms with Gasteiger partial charge in [-0.15, -0.1) is 0 Å². The first kappa shape index (κ1) is 15.0. The normalized spacial score (nSPS) is 12.2. The number of nitrogens with zero attached hydrogens (tertiary/aromatic N) is 3. The molecule has 0 aliphatic heterocycles. The minimum absolute atomic E-state index is 0.310. The summed E-state index contributed by atoms with van der Waals surface area (Å²) in [6.07, 6.45) is 0.983. The van der Waals surface area contributed by atoms with Crippen molar-refractivity contribution < 1.29 is 5.11 Å². The first-order valence-corrected chi connectivity index (χ1v) is 6.87. The molecule has 1 N–H and O–H groups in total. The summed E-state index contributed by atoms with van der Waals surface area (Å²) >= 11 is 11.8. The van der Waals surface area contributed by atoms with Gasteiger partial charge in [0.1, 0.15) is 11.3 Å². The first-order chi connectivity index (χ1) is 9.47. The van der Waals surface area contributed by atoms with Gasteiger partial charge in [0, 0.05) is 19.8 Å². The zero-order valence-electron chi connectivity index (χ0n) is 11.2. The number of rotatable bonds is 4. The van der Waals surface area contributed by atoms with E-state index >= 15 is 0 Å². The SMILES string of the molecule is Cc1ccnc(C(O)CN(C)c2ccc(Cl)nc2Cl)c1. The van der Waals surface area contributed by atoms with E-state index in [-0.39, 0.29) is 0 Å². The van der Waals surface area contributed by atoms with E-state index in [4.69, 9.17) is 23.2 Å². The Labute approximate surface area is 128 Å². The molecule has 2 aromatic rings. The fraction of sp³-hybridized carbons (Fsp3) is 0.286. The number of hydrogen-bond donors (Lipinski definition) is 1. The van der Waals surface area contributed by atoms with Crippen LogP contribution in [0, 0.1) is 6.92 Å². The van der Waals surface area contributed by atoms with Crippen LogP contribution >= 0.6 is 23.2 Å². The van der Waals surface area contributed by atoms with Crippen LogP contribution in [-0.2, 0) is 0 Å². The van der Waals surface area contributed by atoms with Gasteiger partial charge in [-0.2, -0.15) is 0 Å². The van der Waals surface area contributed by atoms with Gasteiger partial charge < -0.3 is 10.0 Å². The van der Waals surface area contributed by atoms with Crippen molar-refractivity contribution in [2.45, 2.75) is 13.0 Å². The predicted octanol–water partition coefficient (Wildman–Crippen LogP) is 3.26. The molecule has 0 aliphatic carbocycles. The molecule has 2 rings (SSSR count). The van der Waals surface area contributed by atoms with Crippen molar-refractivity contribution in [2.24, 2.45) is 0 Å². The molecule has 106 valence electrons. The van der Waals surface area contributed by atoms with Crippen molar-refractivity contribution in [1.29, 1.82) is 0 Å². The molecule has 0 saturated carbocycles. The molecule has 2 heterocycles. The van der Waals surface area contributed by atoms with Crippen LogP contribution in [0.2, 0.25) is 10.3 Å². The summed E-state index contributed by atoms with van der Waals surface area (Å²) in [6.45, 7) is 2.32. The number of likely N-dealkylation sites (N-methyl/N-ethyl adjacent to an activating group) is 1. The van der Waals surface area contributed by atoms with E-state index in [1.54, 1.807) is 18.3 Å². The average Bonchev–Trinajstić information content (AvgIpc) is 2.38. The van der Waals surface area contributed by atoms with Gasteiger partial charge in [0.25, 0.3) is 0 Å². The molecule has 0 radical (unpaired) electrons. The molecular weight excluding hydrogens is 297 g/mol. The van der Waals surface area contributed by atoms with Crippen LogP contribution in [0.5, 0.6) is 0 Å². The number of anilines is 1. The molecule has 0 bridgehead atoms. The highest BCUT2D eigenvalue weighted by atomic mass is 35.5. The van der Waals surface area contributed by atoms with Crippen LogP contribution in [0.4, 0.5) is 5.69 Å². The monoisotopic (exact) mass is 311 g/mol. The second kappa shape index (κ2) is 6.39. The van der Waals surface area contributed by atoms with Crippen molar-refractivity contribution >= 4 is 28.9 Å². The van der Waals surface area contributed by atoms with Gasteiger partial charge in [-0.1, -0.05) is 23.2 Å². The molecule has 2 aromatic heterocycles. The highest BCUT2D eigenvalue weighted by molar-refractivity contribution is 6.34. The van der Waals surface area contributed by atoms with E-state index in [1.807, 2.05) is 31.0 Å². The van der Waals surface area contributed by atoms with E-state index in [0.717, 1.165) is 5.56 Å². The summed E-state index contributed by atoms with van der Waals surface area (Å²) in [4.78, 5) is 9.98. The summed E-state index contributed by atoms with van der Waals surface area (Å²) < 4.78 is 0. The number of aryl methyl sites for hydroxylation is 1. The fourth-order valence-electron chi connectivity index (χ4n) is 1.88. The molecule has 1 unspecified atom stereocenters. The topological polar surface area (TPSA) is 49.3 Å². The Morgan fingerprint density at radius 2 is 2.05 bits per heavy atom. The Balaban J connectivity index is 2.12. The molecule has 0 amide bonds. The molecule has 4 nitrogen and oxygen atoms in total. The maximum Gasteiger partial charge on any atom is 0.154 e. The van der Waals surface area contributed by atoms with Crippen molar-refractivity contribution in [3.63, 3.8) is 0 Å². The fourth-order valence-corrected chi connectivity index (χ4v) is 2.37. The summed E-state index contributed by atoms with van der Waals surface area (Å²) in [7, 11) is 1.83. The smallest absolute Gasteiger partial charge is 0.154 e. The van der Waals surface area contributed by atoms with Gasteiger partial charge in [0.15, 0.2) is 5.15 Å². The van der Waals surface area contributed by atoms with Gasteiger partial charge >= 0.3 is 0 Å². The van der Waals surface area contributed by atoms with Gasteiger partial charge in [-0.25, -0.2) is 4.98 Å². The van der Waals surface area contributed by atoms with Crippen LogP contribution in [0.15, 0.2) is 30.5 Å². The first-order valence-electron chi connectivity index (χ1n) is 6.11. The van der Waals surface area contributed by atoms with Crippen molar-refractivity contribution in [2.75, 3.05) is 18.5 Å². The Morgan fingerprint density at radius 3 is 2.70 bits per heavy atom. The second-order valence-electron chi connectivity index (χ2n) is 4.60. The minimum atomic E-state index is -0.702.